The molecule has 24 heavy (non-hydrogen) atoms. The third-order valence-corrected chi connectivity index (χ3v) is 3.58. The minimum absolute atomic E-state index is 0.164. The number of hydrogen-bond acceptors (Lipinski definition) is 4. The molecule has 6 nitrogen and oxygen atoms in total. The van der Waals surface area contributed by atoms with Crippen molar-refractivity contribution in [3.05, 3.63) is 65.9 Å². The molecule has 1 heterocycles. The predicted molar refractivity (Wildman–Crippen MR) is 93.7 cm³/mol. The van der Waals surface area contributed by atoms with E-state index in [2.05, 4.69) is 41.6 Å². The fourth-order valence-corrected chi connectivity index (χ4v) is 2.25. The molecule has 120 valence electrons. The molecule has 6 heteroatoms. The highest BCUT2D eigenvalue weighted by Gasteiger charge is 2.22. The van der Waals surface area contributed by atoms with Gasteiger partial charge in [-0.3, -0.25) is 9.28 Å². The third kappa shape index (κ3) is 3.33. The zero-order chi connectivity index (χ0) is 17.2. The van der Waals surface area contributed by atoms with Crippen LogP contribution in [0, 0.1) is 0 Å². The van der Waals surface area contributed by atoms with Gasteiger partial charge in [-0.25, -0.2) is 0 Å². The molecule has 0 aromatic heterocycles. The average molecular weight is 320 g/mol. The Morgan fingerprint density at radius 3 is 2.33 bits per heavy atom. The van der Waals surface area contributed by atoms with Crippen LogP contribution in [0.5, 0.6) is 0 Å². The second-order valence-electron chi connectivity index (χ2n) is 6.30. The summed E-state index contributed by atoms with van der Waals surface area (Å²) >= 11 is 0. The van der Waals surface area contributed by atoms with Crippen molar-refractivity contribution in [3.63, 3.8) is 0 Å². The maximum Gasteiger partial charge on any atom is 0.318 e. The molecule has 0 atom stereocenters. The molecular weight excluding hydrogens is 302 g/mol. The first-order chi connectivity index (χ1) is 11.4. The summed E-state index contributed by atoms with van der Waals surface area (Å²) in [4.78, 5) is 11.9. The fraction of sp³-hybridized carbons (Fsp3) is 0.167. The topological polar surface area (TPSA) is 66.5 Å². The molecule has 0 aliphatic carbocycles. The molecule has 0 unspecified atom stereocenters. The summed E-state index contributed by atoms with van der Waals surface area (Å²) in [7, 11) is 6.22. The maximum atomic E-state index is 11.9. The van der Waals surface area contributed by atoms with Crippen LogP contribution in [-0.4, -0.2) is 27.1 Å². The molecule has 1 amide bonds. The van der Waals surface area contributed by atoms with Crippen molar-refractivity contribution in [1.29, 1.82) is 0 Å². The van der Waals surface area contributed by atoms with Gasteiger partial charge in [0.15, 0.2) is 5.70 Å². The number of benzene rings is 2. The number of carbonyl (C=O) groups excluding carboxylic acids is 1. The van der Waals surface area contributed by atoms with Gasteiger partial charge in [-0.1, -0.05) is 36.4 Å². The van der Waals surface area contributed by atoms with E-state index < -0.39 is 5.91 Å². The lowest BCUT2D eigenvalue weighted by atomic mass is 10.1. The second-order valence-corrected chi connectivity index (χ2v) is 6.30. The molecule has 0 spiro atoms. The van der Waals surface area contributed by atoms with E-state index in [9.17, 15) is 4.79 Å². The van der Waals surface area contributed by atoms with E-state index in [0.717, 1.165) is 11.3 Å². The third-order valence-electron chi connectivity index (χ3n) is 3.58. The van der Waals surface area contributed by atoms with Crippen LogP contribution < -0.4 is 4.48 Å². The van der Waals surface area contributed by atoms with Gasteiger partial charge in [-0.2, -0.15) is 5.11 Å². The zero-order valence-electron chi connectivity index (χ0n) is 13.8. The highest BCUT2D eigenvalue weighted by molar-refractivity contribution is 6.03. The molecule has 0 radical (unpaired) electrons. The minimum Gasteiger partial charge on any atom is -0.298 e. The molecule has 1 aliphatic rings. The van der Waals surface area contributed by atoms with Gasteiger partial charge in [0.2, 0.25) is 0 Å². The SMILES string of the molecule is C[N+](C)(C)c1cccc(N=NC2=C(c3ccccc3)N=NC2=O)c1. The Kier molecular flexibility index (Phi) is 4.14. The van der Waals surface area contributed by atoms with E-state index in [1.54, 1.807) is 0 Å². The molecule has 0 saturated carbocycles. The highest BCUT2D eigenvalue weighted by Crippen LogP contribution is 2.29. The number of azo groups is 2. The summed E-state index contributed by atoms with van der Waals surface area (Å²) in [6.07, 6.45) is 0. The van der Waals surface area contributed by atoms with E-state index in [4.69, 9.17) is 0 Å². The van der Waals surface area contributed by atoms with Crippen molar-refractivity contribution in [3.8, 4) is 0 Å². The average Bonchev–Trinajstić information content (AvgIpc) is 2.94. The second kappa shape index (κ2) is 6.25. The van der Waals surface area contributed by atoms with Gasteiger partial charge in [0, 0.05) is 11.6 Å². The van der Waals surface area contributed by atoms with Crippen LogP contribution in [0.3, 0.4) is 0 Å². The monoisotopic (exact) mass is 320 g/mol. The molecule has 0 fully saturated rings. The van der Waals surface area contributed by atoms with Crippen LogP contribution in [0.1, 0.15) is 5.56 Å². The van der Waals surface area contributed by atoms with E-state index in [1.807, 2.05) is 54.6 Å². The number of rotatable bonds is 4. The lowest BCUT2D eigenvalue weighted by molar-refractivity contribution is -0.114. The van der Waals surface area contributed by atoms with Gasteiger partial charge in [-0.15, -0.1) is 15.3 Å². The number of nitrogens with zero attached hydrogens (tertiary/aromatic N) is 5. The van der Waals surface area contributed by atoms with Crippen molar-refractivity contribution >= 4 is 23.0 Å². The highest BCUT2D eigenvalue weighted by atomic mass is 16.2. The normalized spacial score (nSPS) is 14.9. The number of quaternary nitrogens is 1. The summed E-state index contributed by atoms with van der Waals surface area (Å²) < 4.78 is 0.672. The molecule has 1 aliphatic heterocycles. The summed E-state index contributed by atoms with van der Waals surface area (Å²) in [6, 6.07) is 17.1. The van der Waals surface area contributed by atoms with E-state index >= 15 is 0 Å². The van der Waals surface area contributed by atoms with Crippen LogP contribution in [0.4, 0.5) is 11.4 Å². The van der Waals surface area contributed by atoms with Crippen LogP contribution in [0.15, 0.2) is 80.8 Å². The van der Waals surface area contributed by atoms with Gasteiger partial charge >= 0.3 is 5.91 Å². The lowest BCUT2D eigenvalue weighted by Gasteiger charge is -2.23. The summed E-state index contributed by atoms with van der Waals surface area (Å²) in [5.74, 6) is -0.472. The van der Waals surface area contributed by atoms with Crippen molar-refractivity contribution in [2.45, 2.75) is 0 Å². The predicted octanol–water partition coefficient (Wildman–Crippen LogP) is 4.33. The molecule has 0 bridgehead atoms. The van der Waals surface area contributed by atoms with Crippen molar-refractivity contribution in [1.82, 2.24) is 4.48 Å². The Morgan fingerprint density at radius 1 is 0.875 bits per heavy atom. The number of carbonyl (C=O) groups is 1. The molecule has 3 rings (SSSR count). The fourth-order valence-electron chi connectivity index (χ4n) is 2.25. The van der Waals surface area contributed by atoms with Gasteiger partial charge in [0.1, 0.15) is 11.4 Å². The van der Waals surface area contributed by atoms with Crippen LogP contribution >= 0.6 is 0 Å². The Labute approximate surface area is 140 Å². The Balaban J connectivity index is 1.95. The lowest BCUT2D eigenvalue weighted by Crippen LogP contribution is -2.34. The molecule has 0 saturated heterocycles. The van der Waals surface area contributed by atoms with Gasteiger partial charge in [0.25, 0.3) is 0 Å². The van der Waals surface area contributed by atoms with Crippen LogP contribution in [0.2, 0.25) is 0 Å². The Morgan fingerprint density at radius 2 is 1.62 bits per heavy atom. The van der Waals surface area contributed by atoms with Gasteiger partial charge in [0.05, 0.1) is 26.8 Å². The van der Waals surface area contributed by atoms with Crippen LogP contribution in [-0.2, 0) is 4.79 Å². The first-order valence-electron chi connectivity index (χ1n) is 7.55. The van der Waals surface area contributed by atoms with Crippen molar-refractivity contribution < 1.29 is 4.79 Å². The standard InChI is InChI=1S/C18H18N5O/c1-23(2,3)15-11-7-10-14(12-15)19-21-17-16(20-22-18(17)24)13-8-5-4-6-9-13/h4-12H,1-3H3/q+1. The zero-order valence-corrected chi connectivity index (χ0v) is 13.8. The molecular formula is C18H18N5O+. The first kappa shape index (κ1) is 15.9. The molecule has 0 N–H and O–H groups in total. The Bertz CT molecular complexity index is 860. The largest absolute Gasteiger partial charge is 0.318 e. The number of hydrogen-bond donors (Lipinski definition) is 0. The van der Waals surface area contributed by atoms with Gasteiger partial charge < -0.3 is 0 Å². The van der Waals surface area contributed by atoms with Crippen LogP contribution in [0.25, 0.3) is 5.70 Å². The minimum atomic E-state index is -0.472. The maximum absolute atomic E-state index is 11.9. The summed E-state index contributed by atoms with van der Waals surface area (Å²) in [5.41, 5.74) is 3.18. The van der Waals surface area contributed by atoms with E-state index in [0.29, 0.717) is 15.9 Å². The smallest absolute Gasteiger partial charge is 0.298 e. The number of amides is 1. The summed E-state index contributed by atoms with van der Waals surface area (Å²) in [5, 5.41) is 15.9. The first-order valence-corrected chi connectivity index (χ1v) is 7.55. The van der Waals surface area contributed by atoms with E-state index in [1.165, 1.54) is 0 Å². The summed E-state index contributed by atoms with van der Waals surface area (Å²) in [6.45, 7) is 0. The van der Waals surface area contributed by atoms with Gasteiger partial charge in [-0.05, 0) is 12.1 Å². The van der Waals surface area contributed by atoms with E-state index in [-0.39, 0.29) is 5.70 Å². The molecule has 2 aromatic rings. The Hall–Kier alpha value is -2.99. The van der Waals surface area contributed by atoms with Crippen molar-refractivity contribution in [2.24, 2.45) is 20.5 Å². The van der Waals surface area contributed by atoms with Crippen molar-refractivity contribution in [2.75, 3.05) is 21.1 Å². The molecule has 2 aromatic carbocycles. The quantitative estimate of drug-likeness (QED) is 0.611.